The van der Waals surface area contributed by atoms with Gasteiger partial charge in [-0.2, -0.15) is 0 Å². The van der Waals surface area contributed by atoms with Gasteiger partial charge in [-0.05, 0) is 38.3 Å². The number of aryl methyl sites for hydroxylation is 1. The van der Waals surface area contributed by atoms with E-state index in [0.717, 1.165) is 18.5 Å². The Morgan fingerprint density at radius 3 is 2.25 bits per heavy atom. The Morgan fingerprint density at radius 1 is 1.06 bits per heavy atom. The molecule has 2 heteroatoms. The first-order valence-electron chi connectivity index (χ1n) is 6.41. The van der Waals surface area contributed by atoms with Gasteiger partial charge < -0.3 is 10.1 Å². The van der Waals surface area contributed by atoms with Crippen LogP contribution in [0.5, 0.6) is 0 Å². The van der Waals surface area contributed by atoms with Crippen molar-refractivity contribution in [2.45, 2.75) is 65.9 Å². The van der Waals surface area contributed by atoms with Crippen LogP contribution in [0, 0.1) is 20.8 Å². The summed E-state index contributed by atoms with van der Waals surface area (Å²) in [6.07, 6.45) is 5.42. The summed E-state index contributed by atoms with van der Waals surface area (Å²) in [5, 5.41) is 10.1. The highest BCUT2D eigenvalue weighted by Crippen LogP contribution is 2.25. The van der Waals surface area contributed by atoms with Gasteiger partial charge in [-0.3, -0.25) is 0 Å². The molecule has 0 saturated heterocycles. The molecule has 1 aromatic heterocycles. The Bertz CT molecular complexity index is 328. The molecule has 0 fully saturated rings. The first-order valence-corrected chi connectivity index (χ1v) is 6.41. The fraction of sp³-hybridized carbons (Fsp3) is 0.714. The second-order valence-electron chi connectivity index (χ2n) is 4.78. The maximum Gasteiger partial charge on any atom is 0.0940 e. The first kappa shape index (κ1) is 13.3. The molecule has 0 aliphatic rings. The number of aliphatic hydroxyl groups is 1. The quantitative estimate of drug-likeness (QED) is 0.704. The number of nitrogens with one attached hydrogen (secondary N) is 1. The molecule has 0 aromatic carbocycles. The van der Waals surface area contributed by atoms with Crippen LogP contribution in [0.2, 0.25) is 0 Å². The van der Waals surface area contributed by atoms with Crippen LogP contribution in [0.3, 0.4) is 0 Å². The number of H-pyrrole nitrogens is 1. The Morgan fingerprint density at radius 2 is 1.75 bits per heavy atom. The molecule has 0 saturated carbocycles. The zero-order valence-electron chi connectivity index (χ0n) is 11.1. The molecule has 0 amide bonds. The molecule has 1 aromatic rings. The number of unbranched alkanes of at least 4 members (excludes halogenated alkanes) is 3. The van der Waals surface area contributed by atoms with Crippen LogP contribution < -0.4 is 0 Å². The van der Waals surface area contributed by atoms with Crippen LogP contribution in [0.25, 0.3) is 0 Å². The third kappa shape index (κ3) is 3.11. The van der Waals surface area contributed by atoms with E-state index in [4.69, 9.17) is 0 Å². The molecule has 1 heterocycles. The molecule has 0 radical (unpaired) electrons. The molecule has 2 N–H and O–H groups in total. The van der Waals surface area contributed by atoms with Crippen LogP contribution in [-0.4, -0.2) is 10.1 Å². The SMILES string of the molecule is CCCCCCC(O)c1[nH]c(C)c(C)c1C. The van der Waals surface area contributed by atoms with E-state index < -0.39 is 0 Å². The molecule has 1 unspecified atom stereocenters. The van der Waals surface area contributed by atoms with Crippen LogP contribution in [-0.2, 0) is 0 Å². The van der Waals surface area contributed by atoms with E-state index in [1.54, 1.807) is 0 Å². The highest BCUT2D eigenvalue weighted by atomic mass is 16.3. The summed E-state index contributed by atoms with van der Waals surface area (Å²) < 4.78 is 0. The minimum Gasteiger partial charge on any atom is -0.387 e. The molecule has 1 rings (SSSR count). The monoisotopic (exact) mass is 223 g/mol. The average molecular weight is 223 g/mol. The fourth-order valence-electron chi connectivity index (χ4n) is 2.11. The van der Waals surface area contributed by atoms with Gasteiger partial charge in [0.2, 0.25) is 0 Å². The van der Waals surface area contributed by atoms with Crippen molar-refractivity contribution in [1.82, 2.24) is 4.98 Å². The number of rotatable bonds is 6. The molecule has 16 heavy (non-hydrogen) atoms. The molecule has 0 spiro atoms. The summed E-state index contributed by atoms with van der Waals surface area (Å²) in [5.74, 6) is 0. The highest BCUT2D eigenvalue weighted by Gasteiger charge is 2.14. The van der Waals surface area contributed by atoms with Crippen LogP contribution in [0.15, 0.2) is 0 Å². The molecule has 0 aliphatic heterocycles. The van der Waals surface area contributed by atoms with E-state index in [2.05, 4.69) is 32.7 Å². The maximum atomic E-state index is 10.1. The Hall–Kier alpha value is -0.760. The summed E-state index contributed by atoms with van der Waals surface area (Å²) in [5.41, 5.74) is 4.70. The van der Waals surface area contributed by atoms with Crippen molar-refractivity contribution in [3.8, 4) is 0 Å². The van der Waals surface area contributed by atoms with Gasteiger partial charge in [0.1, 0.15) is 0 Å². The molecular weight excluding hydrogens is 198 g/mol. The van der Waals surface area contributed by atoms with Crippen molar-refractivity contribution in [3.05, 3.63) is 22.5 Å². The topological polar surface area (TPSA) is 36.0 Å². The van der Waals surface area contributed by atoms with Gasteiger partial charge in [-0.15, -0.1) is 0 Å². The number of aromatic nitrogens is 1. The molecule has 1 atom stereocenters. The van der Waals surface area contributed by atoms with Crippen LogP contribution in [0.1, 0.15) is 67.6 Å². The lowest BCUT2D eigenvalue weighted by Gasteiger charge is -2.10. The second kappa shape index (κ2) is 6.09. The number of hydrogen-bond acceptors (Lipinski definition) is 1. The first-order chi connectivity index (χ1) is 7.57. The minimum atomic E-state index is -0.316. The number of aromatic amines is 1. The van der Waals surface area contributed by atoms with Gasteiger partial charge in [0.15, 0.2) is 0 Å². The lowest BCUT2D eigenvalue weighted by Crippen LogP contribution is -2.00. The van der Waals surface area contributed by atoms with E-state index >= 15 is 0 Å². The van der Waals surface area contributed by atoms with Crippen LogP contribution in [0.4, 0.5) is 0 Å². The van der Waals surface area contributed by atoms with Crippen molar-refractivity contribution >= 4 is 0 Å². The van der Waals surface area contributed by atoms with Crippen molar-refractivity contribution < 1.29 is 5.11 Å². The van der Waals surface area contributed by atoms with Gasteiger partial charge >= 0.3 is 0 Å². The predicted molar refractivity (Wildman–Crippen MR) is 68.7 cm³/mol. The molecule has 0 bridgehead atoms. The largest absolute Gasteiger partial charge is 0.387 e. The zero-order chi connectivity index (χ0) is 12.1. The lowest BCUT2D eigenvalue weighted by molar-refractivity contribution is 0.158. The van der Waals surface area contributed by atoms with Crippen molar-refractivity contribution in [3.63, 3.8) is 0 Å². The predicted octanol–water partition coefficient (Wildman–Crippen LogP) is 3.94. The summed E-state index contributed by atoms with van der Waals surface area (Å²) in [6.45, 7) is 8.46. The van der Waals surface area contributed by atoms with Gasteiger partial charge in [-0.25, -0.2) is 0 Å². The standard InChI is InChI=1S/C14H25NO/c1-5-6-7-8-9-13(16)14-11(3)10(2)12(4)15-14/h13,15-16H,5-9H2,1-4H3. The number of hydrogen-bond donors (Lipinski definition) is 2. The number of aliphatic hydroxyl groups excluding tert-OH is 1. The van der Waals surface area contributed by atoms with Crippen LogP contribution >= 0.6 is 0 Å². The third-order valence-electron chi connectivity index (χ3n) is 3.52. The molecular formula is C14H25NO. The van der Waals surface area contributed by atoms with Gasteiger partial charge in [0.05, 0.1) is 6.10 Å². The average Bonchev–Trinajstić information content (AvgIpc) is 2.52. The second-order valence-corrected chi connectivity index (χ2v) is 4.78. The van der Waals surface area contributed by atoms with Gasteiger partial charge in [-0.1, -0.05) is 32.6 Å². The van der Waals surface area contributed by atoms with Gasteiger partial charge in [0.25, 0.3) is 0 Å². The molecule has 92 valence electrons. The maximum absolute atomic E-state index is 10.1. The minimum absolute atomic E-state index is 0.316. The van der Waals surface area contributed by atoms with E-state index in [0.29, 0.717) is 0 Å². The summed E-state index contributed by atoms with van der Waals surface area (Å²) in [6, 6.07) is 0. The lowest BCUT2D eigenvalue weighted by atomic mass is 10.0. The van der Waals surface area contributed by atoms with Gasteiger partial charge in [0, 0.05) is 11.4 Å². The van der Waals surface area contributed by atoms with Crippen molar-refractivity contribution in [1.29, 1.82) is 0 Å². The summed E-state index contributed by atoms with van der Waals surface area (Å²) >= 11 is 0. The van der Waals surface area contributed by atoms with E-state index in [1.165, 1.54) is 36.1 Å². The Balaban J connectivity index is 2.52. The summed E-state index contributed by atoms with van der Waals surface area (Å²) in [4.78, 5) is 3.30. The smallest absolute Gasteiger partial charge is 0.0940 e. The fourth-order valence-corrected chi connectivity index (χ4v) is 2.11. The third-order valence-corrected chi connectivity index (χ3v) is 3.52. The Kier molecular flexibility index (Phi) is 5.07. The molecule has 2 nitrogen and oxygen atoms in total. The zero-order valence-corrected chi connectivity index (χ0v) is 11.1. The van der Waals surface area contributed by atoms with E-state index in [1.807, 2.05) is 0 Å². The summed E-state index contributed by atoms with van der Waals surface area (Å²) in [7, 11) is 0. The molecule has 0 aliphatic carbocycles. The van der Waals surface area contributed by atoms with E-state index in [9.17, 15) is 5.11 Å². The highest BCUT2D eigenvalue weighted by molar-refractivity contribution is 5.35. The Labute approximate surface area is 99.1 Å². The van der Waals surface area contributed by atoms with Crippen molar-refractivity contribution in [2.75, 3.05) is 0 Å². The van der Waals surface area contributed by atoms with Crippen molar-refractivity contribution in [2.24, 2.45) is 0 Å². The van der Waals surface area contributed by atoms with E-state index in [-0.39, 0.29) is 6.10 Å². The normalized spacial score (nSPS) is 13.1.